The van der Waals surface area contributed by atoms with E-state index in [1.54, 1.807) is 13.8 Å². The van der Waals surface area contributed by atoms with E-state index in [0.717, 1.165) is 17.0 Å². The lowest BCUT2D eigenvalue weighted by Gasteiger charge is -2.34. The molecule has 2 aromatic rings. The highest BCUT2D eigenvalue weighted by molar-refractivity contribution is 7.91. The highest BCUT2D eigenvalue weighted by atomic mass is 32.2. The molecule has 1 N–H and O–H groups in total. The van der Waals surface area contributed by atoms with Crippen molar-refractivity contribution >= 4 is 38.1 Å². The Morgan fingerprint density at radius 3 is 2.38 bits per heavy atom. The van der Waals surface area contributed by atoms with Gasteiger partial charge in [0, 0.05) is 37.8 Å². The van der Waals surface area contributed by atoms with Gasteiger partial charge in [0.15, 0.2) is 0 Å². The summed E-state index contributed by atoms with van der Waals surface area (Å²) in [7, 11) is -3.70. The predicted octanol–water partition coefficient (Wildman–Crippen LogP) is 1.64. The number of hydrogen-bond acceptors (Lipinski definition) is 7. The molecule has 1 fully saturated rings. The number of carbonyl (C=O) groups is 1. The first-order chi connectivity index (χ1) is 12.4. The van der Waals surface area contributed by atoms with Crippen LogP contribution in [0.4, 0.5) is 10.8 Å². The molecule has 140 valence electrons. The lowest BCUT2D eigenvalue weighted by molar-refractivity contribution is -0.118. The Hall–Kier alpha value is -2.04. The van der Waals surface area contributed by atoms with Gasteiger partial charge in [-0.1, -0.05) is 43.4 Å². The normalized spacial score (nSPS) is 16.0. The maximum atomic E-state index is 12.8. The minimum atomic E-state index is -3.70. The lowest BCUT2D eigenvalue weighted by atomic mass is 10.2. The van der Waals surface area contributed by atoms with Gasteiger partial charge in [-0.05, 0) is 12.1 Å². The monoisotopic (exact) mass is 395 g/mol. The number of amides is 1. The Labute approximate surface area is 156 Å². The maximum absolute atomic E-state index is 12.8. The summed E-state index contributed by atoms with van der Waals surface area (Å²) in [5, 5.41) is 10.3. The molecule has 1 aliphatic rings. The third-order valence-corrected chi connectivity index (χ3v) is 7.16. The van der Waals surface area contributed by atoms with Crippen LogP contribution in [-0.4, -0.2) is 55.0 Å². The lowest BCUT2D eigenvalue weighted by Crippen LogP contribution is -2.48. The van der Waals surface area contributed by atoms with Crippen molar-refractivity contribution in [2.45, 2.75) is 18.2 Å². The van der Waals surface area contributed by atoms with Gasteiger partial charge in [-0.25, -0.2) is 8.42 Å². The van der Waals surface area contributed by atoms with Crippen LogP contribution in [0.2, 0.25) is 0 Å². The van der Waals surface area contributed by atoms with Crippen LogP contribution in [0.5, 0.6) is 0 Å². The first kappa shape index (κ1) is 18.7. The molecule has 0 saturated carbocycles. The molecular weight excluding hydrogens is 374 g/mol. The van der Waals surface area contributed by atoms with Crippen LogP contribution >= 0.6 is 11.3 Å². The summed E-state index contributed by atoms with van der Waals surface area (Å²) < 4.78 is 26.9. The summed E-state index contributed by atoms with van der Waals surface area (Å²) in [6, 6.07) is 9.91. The molecule has 1 amide bonds. The van der Waals surface area contributed by atoms with E-state index in [-0.39, 0.29) is 21.3 Å². The SMILES string of the molecule is CC(C)C(=O)Nc1nnc(S(=O)(=O)N2CCN(c3ccccc3)CC2)s1. The summed E-state index contributed by atoms with van der Waals surface area (Å²) in [5.74, 6) is -0.438. The first-order valence-electron chi connectivity index (χ1n) is 8.32. The largest absolute Gasteiger partial charge is 0.369 e. The third kappa shape index (κ3) is 4.02. The minimum Gasteiger partial charge on any atom is -0.369 e. The van der Waals surface area contributed by atoms with E-state index >= 15 is 0 Å². The molecule has 0 aliphatic carbocycles. The van der Waals surface area contributed by atoms with Crippen molar-refractivity contribution in [2.75, 3.05) is 36.4 Å². The van der Waals surface area contributed by atoms with Crippen molar-refractivity contribution in [2.24, 2.45) is 5.92 Å². The Bertz CT molecular complexity index is 859. The fourth-order valence-corrected chi connectivity index (χ4v) is 5.01. The molecule has 0 unspecified atom stereocenters. The highest BCUT2D eigenvalue weighted by Crippen LogP contribution is 2.25. The molecule has 26 heavy (non-hydrogen) atoms. The third-order valence-electron chi connectivity index (χ3n) is 4.08. The van der Waals surface area contributed by atoms with E-state index in [9.17, 15) is 13.2 Å². The van der Waals surface area contributed by atoms with Gasteiger partial charge in [-0.2, -0.15) is 4.31 Å². The number of piperazine rings is 1. The number of rotatable bonds is 5. The molecule has 2 heterocycles. The topological polar surface area (TPSA) is 95.5 Å². The fraction of sp³-hybridized carbons (Fsp3) is 0.438. The van der Waals surface area contributed by atoms with E-state index < -0.39 is 10.0 Å². The first-order valence-corrected chi connectivity index (χ1v) is 10.6. The van der Waals surface area contributed by atoms with Crippen molar-refractivity contribution in [3.8, 4) is 0 Å². The molecule has 1 saturated heterocycles. The molecular formula is C16H21N5O3S2. The van der Waals surface area contributed by atoms with Gasteiger partial charge in [-0.3, -0.25) is 4.79 Å². The molecule has 0 spiro atoms. The van der Waals surface area contributed by atoms with Gasteiger partial charge in [-0.15, -0.1) is 10.2 Å². The van der Waals surface area contributed by atoms with Gasteiger partial charge in [0.05, 0.1) is 0 Å². The molecule has 0 radical (unpaired) electrons. The Kier molecular flexibility index (Phi) is 5.54. The zero-order chi connectivity index (χ0) is 18.7. The molecule has 1 aliphatic heterocycles. The van der Waals surface area contributed by atoms with E-state index in [1.165, 1.54) is 4.31 Å². The quantitative estimate of drug-likeness (QED) is 0.774. The number of anilines is 2. The van der Waals surface area contributed by atoms with Gasteiger partial charge in [0.25, 0.3) is 10.0 Å². The van der Waals surface area contributed by atoms with E-state index in [4.69, 9.17) is 0 Å². The average molecular weight is 396 g/mol. The molecule has 10 heteroatoms. The number of carbonyl (C=O) groups excluding carboxylic acids is 1. The predicted molar refractivity (Wildman–Crippen MR) is 101 cm³/mol. The van der Waals surface area contributed by atoms with Gasteiger partial charge >= 0.3 is 0 Å². The summed E-state index contributed by atoms with van der Waals surface area (Å²) in [5.41, 5.74) is 1.08. The number of aromatic nitrogens is 2. The van der Waals surface area contributed by atoms with Crippen LogP contribution in [0, 0.1) is 5.92 Å². The number of nitrogens with zero attached hydrogens (tertiary/aromatic N) is 4. The van der Waals surface area contributed by atoms with Crippen molar-refractivity contribution < 1.29 is 13.2 Å². The zero-order valence-corrected chi connectivity index (χ0v) is 16.3. The van der Waals surface area contributed by atoms with Crippen LogP contribution in [0.3, 0.4) is 0 Å². The molecule has 0 bridgehead atoms. The maximum Gasteiger partial charge on any atom is 0.272 e. The summed E-state index contributed by atoms with van der Waals surface area (Å²) in [4.78, 5) is 13.9. The second-order valence-corrected chi connectivity index (χ2v) is 9.33. The molecule has 8 nitrogen and oxygen atoms in total. The number of hydrogen-bond donors (Lipinski definition) is 1. The van der Waals surface area contributed by atoms with Gasteiger partial charge < -0.3 is 10.2 Å². The second kappa shape index (κ2) is 7.68. The Morgan fingerprint density at radius 1 is 1.12 bits per heavy atom. The van der Waals surface area contributed by atoms with Crippen molar-refractivity contribution in [1.82, 2.24) is 14.5 Å². The van der Waals surface area contributed by atoms with Crippen LogP contribution in [0.1, 0.15) is 13.8 Å². The van der Waals surface area contributed by atoms with Crippen LogP contribution in [-0.2, 0) is 14.8 Å². The average Bonchev–Trinajstić information content (AvgIpc) is 3.12. The fourth-order valence-electron chi connectivity index (χ4n) is 2.55. The molecule has 1 aromatic heterocycles. The van der Waals surface area contributed by atoms with E-state index in [2.05, 4.69) is 20.4 Å². The van der Waals surface area contributed by atoms with Gasteiger partial charge in [0.1, 0.15) is 0 Å². The van der Waals surface area contributed by atoms with E-state index in [0.29, 0.717) is 26.2 Å². The Balaban J connectivity index is 1.66. The second-order valence-electron chi connectivity index (χ2n) is 6.24. The van der Waals surface area contributed by atoms with Crippen molar-refractivity contribution in [3.05, 3.63) is 30.3 Å². The number of sulfonamides is 1. The Morgan fingerprint density at radius 2 is 1.77 bits per heavy atom. The number of para-hydroxylation sites is 1. The number of nitrogens with one attached hydrogen (secondary N) is 1. The zero-order valence-electron chi connectivity index (χ0n) is 14.6. The van der Waals surface area contributed by atoms with Crippen molar-refractivity contribution in [1.29, 1.82) is 0 Å². The van der Waals surface area contributed by atoms with Crippen LogP contribution < -0.4 is 10.2 Å². The summed E-state index contributed by atoms with van der Waals surface area (Å²) in [6.45, 7) is 5.48. The molecule has 1 aromatic carbocycles. The standard InChI is InChI=1S/C16H21N5O3S2/c1-12(2)14(22)17-15-18-19-16(25-15)26(23,24)21-10-8-20(9-11-21)13-6-4-3-5-7-13/h3-7,12H,8-11H2,1-2H3,(H,17,18,22). The highest BCUT2D eigenvalue weighted by Gasteiger charge is 2.31. The summed E-state index contributed by atoms with van der Waals surface area (Å²) in [6.07, 6.45) is 0. The molecule has 3 rings (SSSR count). The molecule has 0 atom stereocenters. The van der Waals surface area contributed by atoms with E-state index in [1.807, 2.05) is 30.3 Å². The smallest absolute Gasteiger partial charge is 0.272 e. The van der Waals surface area contributed by atoms with Crippen LogP contribution in [0.15, 0.2) is 34.7 Å². The summed E-state index contributed by atoms with van der Waals surface area (Å²) >= 11 is 0.879. The van der Waals surface area contributed by atoms with Crippen molar-refractivity contribution in [3.63, 3.8) is 0 Å². The van der Waals surface area contributed by atoms with Gasteiger partial charge in [0.2, 0.25) is 15.4 Å². The van der Waals surface area contributed by atoms with Crippen LogP contribution in [0.25, 0.3) is 0 Å². The number of benzene rings is 1. The minimum absolute atomic E-state index is 0.0929.